The molecule has 2 aliphatic heterocycles. The molecule has 0 radical (unpaired) electrons. The standard InChI is InChI=1S/C54H56FN3O9/c55-53-47(57-58-56)50(48(61-33-41-23-11-3-12-24-41)45(65-53)37-59-31-39-19-7-1-8-20-39)67-54-52(64-36-44-29-17-6-18-30-44)51(63-35-43-27-15-5-16-28-43)49(62-34-42-25-13-4-14-26-42)46(66-54)38-60-32-40-21-9-2-10-22-40/h1-30,45-54H,31-38H2/t45-,46-,47-,48+,49+,50-,51+,52-,53-,54+/m1/s1. The predicted octanol–water partition coefficient (Wildman–Crippen LogP) is 10.2. The summed E-state index contributed by atoms with van der Waals surface area (Å²) in [5.41, 5.74) is 15.4. The van der Waals surface area contributed by atoms with Crippen molar-refractivity contribution in [3.05, 3.63) is 226 Å². The Morgan fingerprint density at radius 3 is 1.13 bits per heavy atom. The van der Waals surface area contributed by atoms with Crippen molar-refractivity contribution in [1.29, 1.82) is 0 Å². The van der Waals surface area contributed by atoms with Gasteiger partial charge in [-0.1, -0.05) is 187 Å². The molecule has 6 aromatic rings. The molecule has 12 nitrogen and oxygen atoms in total. The Bertz CT molecular complexity index is 2360. The minimum absolute atomic E-state index is 0.0635. The van der Waals surface area contributed by atoms with Crippen LogP contribution >= 0.6 is 0 Å². The molecule has 67 heavy (non-hydrogen) atoms. The number of halogens is 1. The van der Waals surface area contributed by atoms with Crippen LogP contribution in [0.1, 0.15) is 33.4 Å². The molecule has 0 aliphatic carbocycles. The molecule has 6 aromatic carbocycles. The predicted molar refractivity (Wildman–Crippen MR) is 249 cm³/mol. The van der Waals surface area contributed by atoms with Crippen LogP contribution in [0.15, 0.2) is 187 Å². The third-order valence-electron chi connectivity index (χ3n) is 11.6. The summed E-state index contributed by atoms with van der Waals surface area (Å²) in [6.45, 7) is 1.21. The molecule has 0 aromatic heterocycles. The van der Waals surface area contributed by atoms with Gasteiger partial charge >= 0.3 is 0 Å². The van der Waals surface area contributed by atoms with Gasteiger partial charge in [0.1, 0.15) is 48.8 Å². The van der Waals surface area contributed by atoms with Crippen LogP contribution < -0.4 is 0 Å². The van der Waals surface area contributed by atoms with Crippen LogP contribution in [0.4, 0.5) is 4.39 Å². The quantitative estimate of drug-likeness (QED) is 0.0350. The number of ether oxygens (including phenoxy) is 9. The average Bonchev–Trinajstić information content (AvgIpc) is 3.37. The van der Waals surface area contributed by atoms with E-state index in [1.165, 1.54) is 0 Å². The lowest BCUT2D eigenvalue weighted by Gasteiger charge is -2.49. The second-order valence-electron chi connectivity index (χ2n) is 16.4. The number of hydrogen-bond donors (Lipinski definition) is 0. The second-order valence-corrected chi connectivity index (χ2v) is 16.4. The van der Waals surface area contributed by atoms with Crippen LogP contribution in [-0.4, -0.2) is 74.6 Å². The fourth-order valence-corrected chi connectivity index (χ4v) is 8.20. The molecule has 2 aliphatic rings. The fraction of sp³-hybridized carbons (Fsp3) is 0.333. The smallest absolute Gasteiger partial charge is 0.210 e. The largest absolute Gasteiger partial charge is 0.374 e. The summed E-state index contributed by atoms with van der Waals surface area (Å²) < 4.78 is 76.4. The zero-order chi connectivity index (χ0) is 45.9. The summed E-state index contributed by atoms with van der Waals surface area (Å²) in [5.74, 6) is 0. The lowest BCUT2D eigenvalue weighted by atomic mass is 9.95. The molecule has 0 bridgehead atoms. The number of alkyl halides is 1. The SMILES string of the molecule is [N-]=[N+]=N[C@@H]1[C@@H](O[C@@H]2O[C@H](COCc3ccccc3)[C@H](OCc3ccccc3)[C@H](OCc3ccccc3)[C@H]2OCc2ccccc2)[C@@H](OCc2ccccc2)[C@@H](COCc2ccccc2)O[C@H]1F. The van der Waals surface area contributed by atoms with Crippen molar-refractivity contribution in [2.45, 2.75) is 101 Å². The Kier molecular flexibility index (Phi) is 18.1. The van der Waals surface area contributed by atoms with Gasteiger partial charge < -0.3 is 42.6 Å². The first-order chi connectivity index (χ1) is 33.1. The van der Waals surface area contributed by atoms with E-state index in [-0.39, 0.29) is 46.2 Å². The maximum absolute atomic E-state index is 16.5. The zero-order valence-electron chi connectivity index (χ0n) is 37.1. The van der Waals surface area contributed by atoms with Crippen molar-refractivity contribution in [2.24, 2.45) is 5.11 Å². The minimum Gasteiger partial charge on any atom is -0.374 e. The third kappa shape index (κ3) is 13.9. The van der Waals surface area contributed by atoms with E-state index in [1.807, 2.05) is 182 Å². The van der Waals surface area contributed by atoms with Gasteiger partial charge in [-0.2, -0.15) is 0 Å². The lowest BCUT2D eigenvalue weighted by molar-refractivity contribution is -0.356. The molecule has 0 amide bonds. The topological polar surface area (TPSA) is 132 Å². The van der Waals surface area contributed by atoms with E-state index in [0.29, 0.717) is 6.61 Å². The summed E-state index contributed by atoms with van der Waals surface area (Å²) in [6, 6.07) is 56.9. The van der Waals surface area contributed by atoms with Crippen molar-refractivity contribution in [1.82, 2.24) is 0 Å². The van der Waals surface area contributed by atoms with Gasteiger partial charge in [0.25, 0.3) is 0 Å². The molecule has 2 fully saturated rings. The molecular weight excluding hydrogens is 854 g/mol. The van der Waals surface area contributed by atoms with Crippen molar-refractivity contribution in [2.75, 3.05) is 13.2 Å². The molecule has 2 heterocycles. The highest BCUT2D eigenvalue weighted by atomic mass is 19.1. The van der Waals surface area contributed by atoms with E-state index >= 15 is 4.39 Å². The monoisotopic (exact) mass is 909 g/mol. The van der Waals surface area contributed by atoms with Gasteiger partial charge in [-0.05, 0) is 38.9 Å². The van der Waals surface area contributed by atoms with Crippen LogP contribution in [0, 0.1) is 0 Å². The summed E-state index contributed by atoms with van der Waals surface area (Å²) in [5, 5.41) is 3.93. The van der Waals surface area contributed by atoms with Crippen molar-refractivity contribution in [3.63, 3.8) is 0 Å². The first kappa shape index (κ1) is 47.7. The van der Waals surface area contributed by atoms with E-state index in [4.69, 9.17) is 42.6 Å². The van der Waals surface area contributed by atoms with Gasteiger partial charge in [0, 0.05) is 4.91 Å². The third-order valence-corrected chi connectivity index (χ3v) is 11.6. The molecule has 2 saturated heterocycles. The molecule has 348 valence electrons. The Hall–Kier alpha value is -5.80. The van der Waals surface area contributed by atoms with Gasteiger partial charge in [-0.3, -0.25) is 0 Å². The highest BCUT2D eigenvalue weighted by Crippen LogP contribution is 2.37. The highest BCUT2D eigenvalue weighted by molar-refractivity contribution is 5.18. The lowest BCUT2D eigenvalue weighted by Crippen LogP contribution is -2.65. The molecule has 0 N–H and O–H groups in total. The van der Waals surface area contributed by atoms with Crippen molar-refractivity contribution < 1.29 is 47.0 Å². The Balaban J connectivity index is 1.16. The van der Waals surface area contributed by atoms with Gasteiger partial charge in [0.2, 0.25) is 6.36 Å². The van der Waals surface area contributed by atoms with E-state index in [2.05, 4.69) is 10.0 Å². The second kappa shape index (κ2) is 25.4. The number of azide groups is 1. The first-order valence-electron chi connectivity index (χ1n) is 22.6. The Labute approximate surface area is 391 Å². The summed E-state index contributed by atoms with van der Waals surface area (Å²) in [7, 11) is 0. The van der Waals surface area contributed by atoms with Crippen LogP contribution in [-0.2, 0) is 82.3 Å². The fourth-order valence-electron chi connectivity index (χ4n) is 8.20. The Morgan fingerprint density at radius 2 is 0.746 bits per heavy atom. The van der Waals surface area contributed by atoms with Gasteiger partial charge in [-0.25, -0.2) is 4.39 Å². The maximum atomic E-state index is 16.5. The van der Waals surface area contributed by atoms with Crippen molar-refractivity contribution in [3.8, 4) is 0 Å². The number of benzene rings is 6. The summed E-state index contributed by atoms with van der Waals surface area (Å²) in [6.07, 6.45) is -10.1. The normalized spacial score (nSPS) is 25.0. The molecule has 10 atom stereocenters. The average molecular weight is 910 g/mol. The van der Waals surface area contributed by atoms with E-state index in [0.717, 1.165) is 33.4 Å². The highest BCUT2D eigenvalue weighted by Gasteiger charge is 2.54. The van der Waals surface area contributed by atoms with Crippen LogP contribution in [0.3, 0.4) is 0 Å². The number of hydrogen-bond acceptors (Lipinski definition) is 10. The van der Waals surface area contributed by atoms with Gasteiger partial charge in [-0.15, -0.1) is 0 Å². The van der Waals surface area contributed by atoms with Crippen LogP contribution in [0.5, 0.6) is 0 Å². The van der Waals surface area contributed by atoms with Crippen LogP contribution in [0.2, 0.25) is 0 Å². The number of nitrogens with zero attached hydrogens (tertiary/aromatic N) is 3. The van der Waals surface area contributed by atoms with Gasteiger partial charge in [0.05, 0.1) is 52.9 Å². The molecule has 13 heteroatoms. The Morgan fingerprint density at radius 1 is 0.418 bits per heavy atom. The summed E-state index contributed by atoms with van der Waals surface area (Å²) >= 11 is 0. The van der Waals surface area contributed by atoms with E-state index in [9.17, 15) is 5.53 Å². The van der Waals surface area contributed by atoms with Gasteiger partial charge in [0.15, 0.2) is 6.29 Å². The van der Waals surface area contributed by atoms with Crippen molar-refractivity contribution >= 4 is 0 Å². The summed E-state index contributed by atoms with van der Waals surface area (Å²) in [4.78, 5) is 3.06. The molecule has 8 rings (SSSR count). The molecule has 0 saturated carbocycles. The molecular formula is C54H56FN3O9. The minimum atomic E-state index is -2.09. The molecule has 0 unspecified atom stereocenters. The van der Waals surface area contributed by atoms with E-state index in [1.54, 1.807) is 0 Å². The molecule has 0 spiro atoms. The van der Waals surface area contributed by atoms with Crippen LogP contribution in [0.25, 0.3) is 10.4 Å². The zero-order valence-corrected chi connectivity index (χ0v) is 37.1. The maximum Gasteiger partial charge on any atom is 0.210 e. The first-order valence-corrected chi connectivity index (χ1v) is 22.6. The number of rotatable bonds is 23. The van der Waals surface area contributed by atoms with E-state index < -0.39 is 61.4 Å².